The van der Waals surface area contributed by atoms with Gasteiger partial charge in [-0.05, 0) is 40.4 Å². The topological polar surface area (TPSA) is 71.1 Å². The van der Waals surface area contributed by atoms with Crippen molar-refractivity contribution in [3.8, 4) is 0 Å². The van der Waals surface area contributed by atoms with Crippen molar-refractivity contribution in [2.75, 3.05) is 13.7 Å². The molecule has 0 fully saturated rings. The predicted molar refractivity (Wildman–Crippen MR) is 104 cm³/mol. The molecule has 0 radical (unpaired) electrons. The highest BCUT2D eigenvalue weighted by molar-refractivity contribution is 6.70. The molecular formula is C20H28O6Si. The summed E-state index contributed by atoms with van der Waals surface area (Å²) in [6, 6.07) is 9.13. The van der Waals surface area contributed by atoms with Crippen LogP contribution in [0.3, 0.4) is 0 Å². The lowest BCUT2D eigenvalue weighted by Crippen LogP contribution is -2.53. The second-order valence-corrected chi connectivity index (χ2v) is 12.8. The number of methoxy groups -OCH3 is 1. The van der Waals surface area contributed by atoms with Crippen molar-refractivity contribution >= 4 is 26.0 Å². The highest BCUT2D eigenvalue weighted by Gasteiger charge is 2.57. The maximum absolute atomic E-state index is 13.1. The minimum atomic E-state index is -2.27. The van der Waals surface area contributed by atoms with Crippen molar-refractivity contribution in [3.05, 3.63) is 41.5 Å². The molecule has 0 aromatic heterocycles. The van der Waals surface area contributed by atoms with Gasteiger partial charge in [-0.3, -0.25) is 0 Å². The zero-order valence-electron chi connectivity index (χ0n) is 17.0. The van der Waals surface area contributed by atoms with Crippen molar-refractivity contribution in [3.63, 3.8) is 0 Å². The summed E-state index contributed by atoms with van der Waals surface area (Å²) >= 11 is 0. The highest BCUT2D eigenvalue weighted by atomic mass is 28.4. The van der Waals surface area contributed by atoms with E-state index < -0.39 is 31.5 Å². The Morgan fingerprint density at radius 3 is 2.19 bits per heavy atom. The molecule has 2 rings (SSSR count). The van der Waals surface area contributed by atoms with Crippen LogP contribution in [-0.4, -0.2) is 45.2 Å². The fourth-order valence-electron chi connectivity index (χ4n) is 2.88. The molecule has 1 aromatic rings. The molecule has 0 bridgehead atoms. The van der Waals surface area contributed by atoms with Crippen LogP contribution in [-0.2, 0) is 28.2 Å². The molecule has 1 aliphatic rings. The maximum Gasteiger partial charge on any atom is 0.345 e. The van der Waals surface area contributed by atoms with Gasteiger partial charge in [-0.15, -0.1) is 0 Å². The molecule has 0 aliphatic carbocycles. The largest absolute Gasteiger partial charge is 0.488 e. The van der Waals surface area contributed by atoms with Crippen LogP contribution in [0.4, 0.5) is 0 Å². The minimum absolute atomic E-state index is 0.0536. The molecule has 0 spiro atoms. The fourth-order valence-corrected chi connectivity index (χ4v) is 4.17. The van der Waals surface area contributed by atoms with Crippen LogP contribution in [0, 0.1) is 0 Å². The Labute approximate surface area is 161 Å². The third-order valence-corrected chi connectivity index (χ3v) is 4.65. The summed E-state index contributed by atoms with van der Waals surface area (Å²) in [5.74, 6) is -1.03. The third kappa shape index (κ3) is 4.78. The molecule has 27 heavy (non-hydrogen) atoms. The summed E-state index contributed by atoms with van der Waals surface area (Å²) in [6.07, 6.45) is 0. The van der Waals surface area contributed by atoms with Crippen LogP contribution in [0.2, 0.25) is 19.6 Å². The Morgan fingerprint density at radius 2 is 1.70 bits per heavy atom. The maximum atomic E-state index is 13.1. The molecule has 1 unspecified atom stereocenters. The highest BCUT2D eigenvalue weighted by Crippen LogP contribution is 2.41. The molecule has 148 valence electrons. The van der Waals surface area contributed by atoms with E-state index >= 15 is 0 Å². The van der Waals surface area contributed by atoms with Gasteiger partial charge in [0.25, 0.3) is 0 Å². The smallest absolute Gasteiger partial charge is 0.345 e. The number of carbonyl (C=O) groups excluding carboxylic acids is 2. The number of ether oxygens (including phenoxy) is 3. The summed E-state index contributed by atoms with van der Waals surface area (Å²) < 4.78 is 22.7. The number of hydrogen-bond donors (Lipinski definition) is 0. The first kappa shape index (κ1) is 21.2. The summed E-state index contributed by atoms with van der Waals surface area (Å²) in [5.41, 5.74) is -1.66. The normalized spacial score (nSPS) is 20.3. The predicted octanol–water partition coefficient (Wildman–Crippen LogP) is 3.53. The van der Waals surface area contributed by atoms with E-state index in [2.05, 4.69) is 0 Å². The van der Waals surface area contributed by atoms with Crippen LogP contribution in [0.15, 0.2) is 35.9 Å². The van der Waals surface area contributed by atoms with E-state index in [0.29, 0.717) is 5.56 Å². The summed E-state index contributed by atoms with van der Waals surface area (Å²) in [5, 5.41) is 0. The van der Waals surface area contributed by atoms with Crippen molar-refractivity contribution in [2.45, 2.75) is 51.6 Å². The van der Waals surface area contributed by atoms with Crippen LogP contribution in [0.25, 0.3) is 5.76 Å². The van der Waals surface area contributed by atoms with Gasteiger partial charge in [0.2, 0.25) is 5.60 Å². The number of esters is 2. The van der Waals surface area contributed by atoms with E-state index in [1.807, 2.05) is 50.0 Å². The standard InChI is InChI=1S/C20H28O6Si/c1-19(2,3)25-17(21)15-16(14-11-9-8-10-12-14)24-13-20(15,18(22)23-4)26-27(5,6)7/h8-12H,13H2,1-7H3. The molecule has 0 amide bonds. The summed E-state index contributed by atoms with van der Waals surface area (Å²) in [6.45, 7) is 11.0. The molecule has 1 aliphatic heterocycles. The first-order valence-corrected chi connectivity index (χ1v) is 12.3. The fraction of sp³-hybridized carbons (Fsp3) is 0.500. The van der Waals surface area contributed by atoms with E-state index in [0.717, 1.165) is 0 Å². The average Bonchev–Trinajstić information content (AvgIpc) is 2.92. The Morgan fingerprint density at radius 1 is 1.11 bits per heavy atom. The SMILES string of the molecule is COC(=O)C1(O[Si](C)(C)C)COC(c2ccccc2)=C1C(=O)OC(C)(C)C. The van der Waals surface area contributed by atoms with Crippen molar-refractivity contribution in [1.29, 1.82) is 0 Å². The van der Waals surface area contributed by atoms with Gasteiger partial charge in [-0.25, -0.2) is 9.59 Å². The third-order valence-electron chi connectivity index (χ3n) is 3.69. The zero-order chi connectivity index (χ0) is 20.5. The Bertz CT molecular complexity index is 742. The summed E-state index contributed by atoms with van der Waals surface area (Å²) in [4.78, 5) is 26.0. The quantitative estimate of drug-likeness (QED) is 0.564. The second-order valence-electron chi connectivity index (χ2n) is 8.39. The summed E-state index contributed by atoms with van der Waals surface area (Å²) in [7, 11) is -1.00. The van der Waals surface area contributed by atoms with Crippen molar-refractivity contribution < 1.29 is 28.2 Å². The van der Waals surface area contributed by atoms with Gasteiger partial charge in [0.05, 0.1) is 7.11 Å². The molecule has 0 saturated heterocycles. The number of hydrogen-bond acceptors (Lipinski definition) is 6. The molecule has 1 atom stereocenters. The Balaban J connectivity index is 2.69. The van der Waals surface area contributed by atoms with E-state index in [1.165, 1.54) is 7.11 Å². The molecule has 0 N–H and O–H groups in total. The van der Waals surface area contributed by atoms with Crippen LogP contribution >= 0.6 is 0 Å². The van der Waals surface area contributed by atoms with E-state index in [1.54, 1.807) is 20.8 Å². The van der Waals surface area contributed by atoms with Crippen molar-refractivity contribution in [1.82, 2.24) is 0 Å². The van der Waals surface area contributed by atoms with Gasteiger partial charge in [0.1, 0.15) is 23.5 Å². The zero-order valence-corrected chi connectivity index (χ0v) is 18.0. The molecular weight excluding hydrogens is 364 g/mol. The molecule has 1 heterocycles. The lowest BCUT2D eigenvalue weighted by molar-refractivity contribution is -0.164. The van der Waals surface area contributed by atoms with Crippen LogP contribution < -0.4 is 0 Å². The average molecular weight is 393 g/mol. The van der Waals surface area contributed by atoms with Crippen LogP contribution in [0.5, 0.6) is 0 Å². The van der Waals surface area contributed by atoms with Gasteiger partial charge in [0.15, 0.2) is 8.32 Å². The molecule has 0 saturated carbocycles. The molecule has 1 aromatic carbocycles. The molecule has 6 nitrogen and oxygen atoms in total. The van der Waals surface area contributed by atoms with Gasteiger partial charge in [-0.2, -0.15) is 0 Å². The van der Waals surface area contributed by atoms with Crippen LogP contribution in [0.1, 0.15) is 26.3 Å². The number of benzene rings is 1. The first-order valence-electron chi connectivity index (χ1n) is 8.84. The Kier molecular flexibility index (Phi) is 5.87. The lowest BCUT2D eigenvalue weighted by Gasteiger charge is -2.34. The Hall–Kier alpha value is -2.12. The second kappa shape index (κ2) is 7.48. The van der Waals surface area contributed by atoms with Crippen molar-refractivity contribution in [2.24, 2.45) is 0 Å². The first-order chi connectivity index (χ1) is 12.4. The van der Waals surface area contributed by atoms with E-state index in [9.17, 15) is 9.59 Å². The lowest BCUT2D eigenvalue weighted by atomic mass is 9.93. The number of carbonyl (C=O) groups is 2. The monoisotopic (exact) mass is 392 g/mol. The van der Waals surface area contributed by atoms with Gasteiger partial charge in [0, 0.05) is 5.56 Å². The van der Waals surface area contributed by atoms with E-state index in [4.69, 9.17) is 18.6 Å². The minimum Gasteiger partial charge on any atom is -0.488 e. The van der Waals surface area contributed by atoms with Gasteiger partial charge >= 0.3 is 11.9 Å². The molecule has 7 heteroatoms. The number of rotatable bonds is 5. The van der Waals surface area contributed by atoms with E-state index in [-0.39, 0.29) is 17.9 Å². The van der Waals surface area contributed by atoms with Gasteiger partial charge < -0.3 is 18.6 Å². The van der Waals surface area contributed by atoms with Gasteiger partial charge in [-0.1, -0.05) is 30.3 Å².